The number of likely N-dealkylation sites (tertiary alicyclic amines) is 1. The number of nitrogens with zero attached hydrogens (tertiary/aromatic N) is 2. The minimum absolute atomic E-state index is 0.00854. The summed E-state index contributed by atoms with van der Waals surface area (Å²) < 4.78 is 15.4. The summed E-state index contributed by atoms with van der Waals surface area (Å²) in [5, 5.41) is 13.1. The number of phenolic OH excluding ortho intramolecular Hbond substituents is 1. The summed E-state index contributed by atoms with van der Waals surface area (Å²) in [5.74, 6) is -0.442. The van der Waals surface area contributed by atoms with E-state index in [0.717, 1.165) is 6.42 Å². The van der Waals surface area contributed by atoms with E-state index in [1.54, 1.807) is 17.0 Å². The number of carbonyl (C=O) groups is 3. The van der Waals surface area contributed by atoms with Crippen LogP contribution in [-0.2, 0) is 11.2 Å². The lowest BCUT2D eigenvalue weighted by atomic mass is 10.00. The number of halogens is 2. The fraction of sp³-hybridized carbons (Fsp3) is 0.292. The van der Waals surface area contributed by atoms with E-state index >= 15 is 0 Å². The molecule has 3 amide bonds. The largest absolute Gasteiger partial charge is 0.508 e. The summed E-state index contributed by atoms with van der Waals surface area (Å²) in [6, 6.07) is 7.21. The van der Waals surface area contributed by atoms with Gasteiger partial charge >= 0.3 is 12.1 Å². The molecule has 2 fully saturated rings. The fourth-order valence-electron chi connectivity index (χ4n) is 4.88. The van der Waals surface area contributed by atoms with E-state index in [-0.39, 0.29) is 41.4 Å². The fourth-order valence-corrected chi connectivity index (χ4v) is 5.08. The average molecular weight is 485 g/mol. The number of aromatic nitrogens is 1. The highest BCUT2D eigenvalue weighted by molar-refractivity contribution is 6.30. The Morgan fingerprint density at radius 3 is 2.76 bits per heavy atom. The number of nitrogens with two attached hydrogens (primary N) is 1. The van der Waals surface area contributed by atoms with E-state index in [9.17, 15) is 23.9 Å². The number of amides is 3. The Labute approximate surface area is 199 Å². The predicted octanol–water partition coefficient (Wildman–Crippen LogP) is 4.26. The van der Waals surface area contributed by atoms with Gasteiger partial charge in [0, 0.05) is 24.0 Å². The molecule has 4 N–H and O–H groups in total. The number of aryl methyl sites for hydroxylation is 1. The number of nitrogens with one attached hydrogen (secondary N) is 1. The van der Waals surface area contributed by atoms with Crippen LogP contribution in [0.25, 0.3) is 10.9 Å². The number of piperidine rings is 1. The van der Waals surface area contributed by atoms with Gasteiger partial charge in [-0.1, -0.05) is 23.7 Å². The van der Waals surface area contributed by atoms with Crippen molar-refractivity contribution < 1.29 is 23.9 Å². The van der Waals surface area contributed by atoms with Gasteiger partial charge in [-0.25, -0.2) is 14.0 Å². The van der Waals surface area contributed by atoms with Crippen molar-refractivity contribution in [1.82, 2.24) is 9.47 Å². The van der Waals surface area contributed by atoms with Gasteiger partial charge in [-0.2, -0.15) is 0 Å². The van der Waals surface area contributed by atoms with Crippen LogP contribution in [0.4, 0.5) is 19.7 Å². The second kappa shape index (κ2) is 8.32. The molecule has 10 heteroatoms. The summed E-state index contributed by atoms with van der Waals surface area (Å²) in [7, 11) is 0. The lowest BCUT2D eigenvalue weighted by molar-refractivity contribution is -0.123. The Hall–Kier alpha value is -3.59. The van der Waals surface area contributed by atoms with Gasteiger partial charge in [0.2, 0.25) is 0 Å². The van der Waals surface area contributed by atoms with E-state index in [4.69, 9.17) is 17.3 Å². The van der Waals surface area contributed by atoms with Crippen molar-refractivity contribution in [1.29, 1.82) is 0 Å². The van der Waals surface area contributed by atoms with Crippen LogP contribution in [0.1, 0.15) is 24.8 Å². The monoisotopic (exact) mass is 484 g/mol. The number of hydrogen-bond donors (Lipinski definition) is 3. The molecule has 3 atom stereocenters. The van der Waals surface area contributed by atoms with Gasteiger partial charge in [-0.05, 0) is 55.0 Å². The highest BCUT2D eigenvalue weighted by Gasteiger charge is 2.55. The summed E-state index contributed by atoms with van der Waals surface area (Å²) in [6.45, 7) is 0. The van der Waals surface area contributed by atoms with Gasteiger partial charge in [-0.3, -0.25) is 9.36 Å². The van der Waals surface area contributed by atoms with Crippen LogP contribution < -0.4 is 11.1 Å². The number of benzene rings is 2. The molecule has 1 aliphatic heterocycles. The zero-order valence-electron chi connectivity index (χ0n) is 18.0. The normalized spacial score (nSPS) is 20.9. The molecule has 34 heavy (non-hydrogen) atoms. The van der Waals surface area contributed by atoms with Crippen LogP contribution in [0.15, 0.2) is 42.6 Å². The number of rotatable bonds is 5. The third-order valence-electron chi connectivity index (χ3n) is 6.65. The smallest absolute Gasteiger partial charge is 0.323 e. The molecule has 8 nitrogen and oxygen atoms in total. The molecule has 5 rings (SSSR count). The molecular formula is C24H22ClFN4O4. The van der Waals surface area contributed by atoms with Gasteiger partial charge in [0.05, 0.1) is 22.3 Å². The second-order valence-electron chi connectivity index (χ2n) is 8.78. The van der Waals surface area contributed by atoms with Crippen molar-refractivity contribution >= 4 is 46.0 Å². The van der Waals surface area contributed by atoms with Crippen LogP contribution in [0.3, 0.4) is 0 Å². The Balaban J connectivity index is 1.34. The van der Waals surface area contributed by atoms with Gasteiger partial charge in [0.1, 0.15) is 11.6 Å². The van der Waals surface area contributed by atoms with Gasteiger partial charge in [0.25, 0.3) is 0 Å². The van der Waals surface area contributed by atoms with Crippen LogP contribution >= 0.6 is 11.6 Å². The van der Waals surface area contributed by atoms with Crippen LogP contribution in [0.5, 0.6) is 5.75 Å². The molecule has 1 aliphatic carbocycles. The molecule has 1 saturated carbocycles. The number of carbonyl (C=O) groups excluding carboxylic acids is 3. The first kappa shape index (κ1) is 22.2. The molecule has 3 aromatic rings. The molecule has 1 saturated heterocycles. The number of ketones is 1. The third kappa shape index (κ3) is 3.86. The van der Waals surface area contributed by atoms with E-state index in [1.165, 1.54) is 35.0 Å². The molecule has 0 spiro atoms. The first-order valence-corrected chi connectivity index (χ1v) is 11.3. The summed E-state index contributed by atoms with van der Waals surface area (Å²) >= 11 is 5.83. The van der Waals surface area contributed by atoms with E-state index in [1.807, 2.05) is 0 Å². The lowest BCUT2D eigenvalue weighted by Crippen LogP contribution is -2.45. The quantitative estimate of drug-likeness (QED) is 0.501. The summed E-state index contributed by atoms with van der Waals surface area (Å²) in [4.78, 5) is 39.6. The molecule has 2 aromatic carbocycles. The van der Waals surface area contributed by atoms with Crippen molar-refractivity contribution in [3.63, 3.8) is 0 Å². The number of hydrogen-bond acceptors (Lipinski definition) is 4. The topological polar surface area (TPSA) is 118 Å². The number of fused-ring (bicyclic) bond motifs is 2. The Morgan fingerprint density at radius 1 is 1.21 bits per heavy atom. The highest BCUT2D eigenvalue weighted by atomic mass is 35.5. The van der Waals surface area contributed by atoms with Gasteiger partial charge < -0.3 is 21.1 Å². The number of primary amides is 1. The Kier molecular flexibility index (Phi) is 5.44. The number of aromatic hydroxyl groups is 1. The van der Waals surface area contributed by atoms with Gasteiger partial charge in [-0.15, -0.1) is 0 Å². The highest BCUT2D eigenvalue weighted by Crippen LogP contribution is 2.48. The number of phenols is 1. The van der Waals surface area contributed by atoms with Crippen molar-refractivity contribution in [3.05, 3.63) is 59.0 Å². The second-order valence-corrected chi connectivity index (χ2v) is 9.19. The first-order chi connectivity index (χ1) is 16.2. The predicted molar refractivity (Wildman–Crippen MR) is 124 cm³/mol. The van der Waals surface area contributed by atoms with E-state index in [0.29, 0.717) is 28.6 Å². The number of Topliss-reactive ketones (excluding diaryl/α,β-unsaturated/α-hetero) is 1. The molecule has 2 aliphatic rings. The van der Waals surface area contributed by atoms with E-state index < -0.39 is 23.9 Å². The third-order valence-corrected chi connectivity index (χ3v) is 6.94. The van der Waals surface area contributed by atoms with Crippen molar-refractivity contribution in [2.45, 2.75) is 37.8 Å². The zero-order valence-corrected chi connectivity index (χ0v) is 18.8. The van der Waals surface area contributed by atoms with Crippen molar-refractivity contribution in [3.8, 4) is 5.75 Å². The van der Waals surface area contributed by atoms with Crippen LogP contribution in [0, 0.1) is 11.7 Å². The maximum absolute atomic E-state index is 14.2. The van der Waals surface area contributed by atoms with E-state index in [2.05, 4.69) is 5.32 Å². The maximum Gasteiger partial charge on any atom is 0.323 e. The molecule has 0 radical (unpaired) electrons. The summed E-state index contributed by atoms with van der Waals surface area (Å²) in [5.41, 5.74) is 6.53. The molecule has 0 bridgehead atoms. The lowest BCUT2D eigenvalue weighted by Gasteiger charge is -2.27. The SMILES string of the molecule is NC(=O)n1cc(NC(=O)N2[C@@H]3C[C@@H]3C[C@H]2C(=O)CCc2cccc(Cl)c2F)c2cc(O)ccc21. The number of anilines is 1. The Bertz CT molecular complexity index is 1340. The standard InChI is InChI=1S/C24H22ClFN4O4/c25-16-3-1-2-12(22(16)26)4-7-21(32)20-9-13-8-19(13)30(20)24(34)28-17-11-29(23(27)33)18-6-5-14(31)10-15(17)18/h1-3,5-6,10-11,13,19-20,31H,4,7-9H2,(H2,27,33)(H,28,34)/t13-,19-,20+/m1/s1. The van der Waals surface area contributed by atoms with Crippen molar-refractivity contribution in [2.24, 2.45) is 11.7 Å². The minimum atomic E-state index is -0.735. The molecule has 176 valence electrons. The minimum Gasteiger partial charge on any atom is -0.508 e. The number of urea groups is 1. The maximum atomic E-state index is 14.2. The van der Waals surface area contributed by atoms with Crippen LogP contribution in [0.2, 0.25) is 5.02 Å². The molecule has 0 unspecified atom stereocenters. The molecule has 1 aromatic heterocycles. The van der Waals surface area contributed by atoms with Gasteiger partial charge in [0.15, 0.2) is 5.78 Å². The summed E-state index contributed by atoms with van der Waals surface area (Å²) in [6.07, 6.45) is 3.06. The van der Waals surface area contributed by atoms with Crippen molar-refractivity contribution in [2.75, 3.05) is 5.32 Å². The Morgan fingerprint density at radius 2 is 2.00 bits per heavy atom. The zero-order chi connectivity index (χ0) is 24.1. The molecular weight excluding hydrogens is 463 g/mol. The first-order valence-electron chi connectivity index (χ1n) is 10.9. The molecule has 2 heterocycles. The van der Waals surface area contributed by atoms with Crippen LogP contribution in [-0.4, -0.2) is 44.5 Å². The average Bonchev–Trinajstić information content (AvgIpc) is 3.31.